The van der Waals surface area contributed by atoms with Crippen molar-refractivity contribution in [2.45, 2.75) is 6.42 Å². The van der Waals surface area contributed by atoms with Gasteiger partial charge in [-0.3, -0.25) is 0 Å². The number of benzene rings is 2. The Bertz CT molecular complexity index is 1100. The summed E-state index contributed by atoms with van der Waals surface area (Å²) in [4.78, 5) is 0. The van der Waals surface area contributed by atoms with Crippen molar-refractivity contribution < 1.29 is 9.13 Å². The van der Waals surface area contributed by atoms with E-state index in [0.717, 1.165) is 11.3 Å². The van der Waals surface area contributed by atoms with Gasteiger partial charge in [0.2, 0.25) is 0 Å². The number of hydrogen-bond acceptors (Lipinski definition) is 5. The molecule has 27 heavy (non-hydrogen) atoms. The van der Waals surface area contributed by atoms with Gasteiger partial charge in [-0.05, 0) is 48.0 Å². The molecule has 4 rings (SSSR count). The van der Waals surface area contributed by atoms with E-state index in [1.54, 1.807) is 23.8 Å². The summed E-state index contributed by atoms with van der Waals surface area (Å²) >= 11 is 5.83. The second kappa shape index (κ2) is 7.20. The van der Waals surface area contributed by atoms with Gasteiger partial charge >= 0.3 is 0 Å². The molecule has 0 saturated heterocycles. The number of hydrogen-bond donors (Lipinski definition) is 1. The zero-order valence-corrected chi connectivity index (χ0v) is 15.1. The number of rotatable bonds is 5. The highest BCUT2D eigenvalue weighted by molar-refractivity contribution is 6.31. The molecule has 0 aliphatic carbocycles. The van der Waals surface area contributed by atoms with Crippen LogP contribution in [0.15, 0.2) is 54.6 Å². The van der Waals surface area contributed by atoms with Crippen LogP contribution in [0, 0.1) is 5.82 Å². The van der Waals surface area contributed by atoms with Crippen molar-refractivity contribution in [2.24, 2.45) is 0 Å². The van der Waals surface area contributed by atoms with Crippen LogP contribution in [0.25, 0.3) is 5.65 Å². The van der Waals surface area contributed by atoms with Gasteiger partial charge in [0.1, 0.15) is 11.6 Å². The largest absolute Gasteiger partial charge is 0.497 e. The van der Waals surface area contributed by atoms with Crippen LogP contribution in [0.5, 0.6) is 5.75 Å². The fourth-order valence-electron chi connectivity index (χ4n) is 2.66. The molecule has 0 amide bonds. The zero-order chi connectivity index (χ0) is 18.8. The molecule has 0 aliphatic heterocycles. The Balaban J connectivity index is 1.61. The van der Waals surface area contributed by atoms with E-state index in [4.69, 9.17) is 16.3 Å². The lowest BCUT2D eigenvalue weighted by Crippen LogP contribution is -2.03. The Morgan fingerprint density at radius 1 is 1.07 bits per heavy atom. The smallest absolute Gasteiger partial charge is 0.178 e. The van der Waals surface area contributed by atoms with Crippen molar-refractivity contribution in [2.75, 3.05) is 12.4 Å². The highest BCUT2D eigenvalue weighted by Crippen LogP contribution is 2.22. The third-order valence-corrected chi connectivity index (χ3v) is 4.33. The van der Waals surface area contributed by atoms with Gasteiger partial charge in [0, 0.05) is 12.1 Å². The monoisotopic (exact) mass is 383 g/mol. The first-order valence-electron chi connectivity index (χ1n) is 8.19. The van der Waals surface area contributed by atoms with E-state index < -0.39 is 5.82 Å². The van der Waals surface area contributed by atoms with E-state index in [1.807, 2.05) is 30.3 Å². The molecule has 0 radical (unpaired) electrons. The van der Waals surface area contributed by atoms with Crippen molar-refractivity contribution in [3.05, 3.63) is 76.8 Å². The summed E-state index contributed by atoms with van der Waals surface area (Å²) in [5.74, 6) is 1.61. The highest BCUT2D eigenvalue weighted by Gasteiger charge is 2.10. The molecule has 0 saturated carbocycles. The van der Waals surface area contributed by atoms with E-state index in [2.05, 4.69) is 20.6 Å². The van der Waals surface area contributed by atoms with E-state index in [-0.39, 0.29) is 5.02 Å². The summed E-state index contributed by atoms with van der Waals surface area (Å²) in [5, 5.41) is 16.1. The van der Waals surface area contributed by atoms with Crippen molar-refractivity contribution in [1.82, 2.24) is 19.8 Å². The Kier molecular flexibility index (Phi) is 4.60. The molecule has 0 spiro atoms. The number of halogens is 2. The van der Waals surface area contributed by atoms with Crippen LogP contribution in [-0.4, -0.2) is 26.9 Å². The van der Waals surface area contributed by atoms with Gasteiger partial charge in [-0.15, -0.1) is 15.3 Å². The molecule has 0 aliphatic rings. The van der Waals surface area contributed by atoms with E-state index in [0.29, 0.717) is 29.4 Å². The first-order valence-corrected chi connectivity index (χ1v) is 8.56. The molecule has 0 atom stereocenters. The van der Waals surface area contributed by atoms with Gasteiger partial charge in [0.15, 0.2) is 17.3 Å². The minimum Gasteiger partial charge on any atom is -0.497 e. The standard InChI is InChI=1S/C19H15ClFN5O/c1-27-14-5-2-12(3-6-14)10-19-24-23-18-9-8-17(25-26(18)19)22-13-4-7-16(21)15(20)11-13/h2-9,11H,10H2,1H3,(H,22,25). The molecule has 8 heteroatoms. The quantitative estimate of drug-likeness (QED) is 0.558. The number of ether oxygens (including phenoxy) is 1. The van der Waals surface area contributed by atoms with Gasteiger partial charge in [-0.2, -0.15) is 4.52 Å². The van der Waals surface area contributed by atoms with Gasteiger partial charge in [-0.1, -0.05) is 23.7 Å². The maximum atomic E-state index is 13.3. The van der Waals surface area contributed by atoms with Gasteiger partial charge in [-0.25, -0.2) is 4.39 Å². The SMILES string of the molecule is COc1ccc(Cc2nnc3ccc(Nc4ccc(F)c(Cl)c4)nn23)cc1. The summed E-state index contributed by atoms with van der Waals surface area (Å²) in [6, 6.07) is 15.7. The van der Waals surface area contributed by atoms with Crippen molar-refractivity contribution in [1.29, 1.82) is 0 Å². The minimum absolute atomic E-state index is 0.0468. The molecule has 1 N–H and O–H groups in total. The molecule has 2 aromatic heterocycles. The molecular weight excluding hydrogens is 369 g/mol. The summed E-state index contributed by atoms with van der Waals surface area (Å²) in [5.41, 5.74) is 2.34. The second-order valence-corrected chi connectivity index (χ2v) is 6.29. The third-order valence-electron chi connectivity index (χ3n) is 4.04. The Morgan fingerprint density at radius 3 is 2.63 bits per heavy atom. The summed E-state index contributed by atoms with van der Waals surface area (Å²) in [6.07, 6.45) is 0.573. The average Bonchev–Trinajstić information content (AvgIpc) is 3.07. The van der Waals surface area contributed by atoms with Crippen LogP contribution < -0.4 is 10.1 Å². The molecule has 0 bridgehead atoms. The van der Waals surface area contributed by atoms with Gasteiger partial charge in [0.25, 0.3) is 0 Å². The summed E-state index contributed by atoms with van der Waals surface area (Å²) in [7, 11) is 1.63. The third kappa shape index (κ3) is 3.68. The van der Waals surface area contributed by atoms with Crippen LogP contribution in [-0.2, 0) is 6.42 Å². The van der Waals surface area contributed by atoms with Gasteiger partial charge < -0.3 is 10.1 Å². The minimum atomic E-state index is -0.466. The highest BCUT2D eigenvalue weighted by atomic mass is 35.5. The van der Waals surface area contributed by atoms with Crippen LogP contribution in [0.1, 0.15) is 11.4 Å². The van der Waals surface area contributed by atoms with Crippen LogP contribution in [0.4, 0.5) is 15.9 Å². The van der Waals surface area contributed by atoms with Crippen LogP contribution in [0.3, 0.4) is 0 Å². The number of nitrogens with one attached hydrogen (secondary N) is 1. The Morgan fingerprint density at radius 2 is 1.89 bits per heavy atom. The fraction of sp³-hybridized carbons (Fsp3) is 0.105. The molecule has 136 valence electrons. The van der Waals surface area contributed by atoms with Crippen LogP contribution >= 0.6 is 11.6 Å². The first-order chi connectivity index (χ1) is 13.1. The van der Waals surface area contributed by atoms with Crippen molar-refractivity contribution in [3.8, 4) is 5.75 Å². The van der Waals surface area contributed by atoms with E-state index >= 15 is 0 Å². The first kappa shape index (κ1) is 17.2. The molecule has 2 aromatic carbocycles. The molecular formula is C19H15ClFN5O. The predicted molar refractivity (Wildman–Crippen MR) is 101 cm³/mol. The molecule has 2 heterocycles. The van der Waals surface area contributed by atoms with Gasteiger partial charge in [0.05, 0.1) is 12.1 Å². The number of methoxy groups -OCH3 is 1. The second-order valence-electron chi connectivity index (χ2n) is 5.88. The fourth-order valence-corrected chi connectivity index (χ4v) is 2.84. The number of aromatic nitrogens is 4. The number of anilines is 2. The molecule has 0 fully saturated rings. The molecule has 6 nitrogen and oxygen atoms in total. The lowest BCUT2D eigenvalue weighted by molar-refractivity contribution is 0.414. The normalized spacial score (nSPS) is 10.9. The van der Waals surface area contributed by atoms with E-state index in [9.17, 15) is 4.39 Å². The topological polar surface area (TPSA) is 64.3 Å². The number of fused-ring (bicyclic) bond motifs is 1. The zero-order valence-electron chi connectivity index (χ0n) is 14.4. The number of nitrogens with zero attached hydrogens (tertiary/aromatic N) is 4. The molecule has 4 aromatic rings. The van der Waals surface area contributed by atoms with Crippen molar-refractivity contribution in [3.63, 3.8) is 0 Å². The summed E-state index contributed by atoms with van der Waals surface area (Å²) < 4.78 is 20.2. The van der Waals surface area contributed by atoms with Crippen molar-refractivity contribution >= 4 is 28.8 Å². The summed E-state index contributed by atoms with van der Waals surface area (Å²) in [6.45, 7) is 0. The maximum Gasteiger partial charge on any atom is 0.178 e. The average molecular weight is 384 g/mol. The molecule has 0 unspecified atom stereocenters. The van der Waals surface area contributed by atoms with E-state index in [1.165, 1.54) is 12.1 Å². The Hall–Kier alpha value is -3.19. The Labute approximate surface area is 159 Å². The maximum absolute atomic E-state index is 13.3. The van der Waals surface area contributed by atoms with Crippen LogP contribution in [0.2, 0.25) is 5.02 Å². The lowest BCUT2D eigenvalue weighted by Gasteiger charge is -2.07. The lowest BCUT2D eigenvalue weighted by atomic mass is 10.1. The predicted octanol–water partition coefficient (Wildman–Crippen LogP) is 4.26.